The van der Waals surface area contributed by atoms with Crippen molar-refractivity contribution in [1.29, 1.82) is 0 Å². The predicted octanol–water partition coefficient (Wildman–Crippen LogP) is 3.27. The van der Waals surface area contributed by atoms with E-state index in [0.717, 1.165) is 21.5 Å². The molecule has 3 rings (SSSR count). The second-order valence-corrected chi connectivity index (χ2v) is 6.03. The van der Waals surface area contributed by atoms with E-state index in [9.17, 15) is 4.79 Å². The van der Waals surface area contributed by atoms with E-state index in [4.69, 9.17) is 4.74 Å². The van der Waals surface area contributed by atoms with Gasteiger partial charge in [-0.15, -0.1) is 10.2 Å². The minimum absolute atomic E-state index is 0.265. The highest BCUT2D eigenvalue weighted by Gasteiger charge is 2.07. The summed E-state index contributed by atoms with van der Waals surface area (Å²) in [5, 5.41) is 11.1. The van der Waals surface area contributed by atoms with E-state index in [1.807, 2.05) is 48.5 Å². The van der Waals surface area contributed by atoms with Crippen molar-refractivity contribution in [3.63, 3.8) is 0 Å². The Labute approximate surface area is 147 Å². The van der Waals surface area contributed by atoms with Crippen LogP contribution >= 0.6 is 15.9 Å². The second-order valence-electron chi connectivity index (χ2n) is 5.11. The van der Waals surface area contributed by atoms with Gasteiger partial charge in [-0.2, -0.15) is 0 Å². The maximum Gasteiger partial charge on any atom is 0.274 e. The summed E-state index contributed by atoms with van der Waals surface area (Å²) in [7, 11) is 1.61. The molecule has 0 amide bonds. The maximum atomic E-state index is 12.2. The van der Waals surface area contributed by atoms with Crippen molar-refractivity contribution >= 4 is 27.6 Å². The predicted molar refractivity (Wildman–Crippen MR) is 95.9 cm³/mol. The number of aromatic amines is 1. The molecule has 0 aliphatic heterocycles. The molecule has 0 saturated carbocycles. The zero-order valence-corrected chi connectivity index (χ0v) is 14.5. The smallest absolute Gasteiger partial charge is 0.274 e. The second kappa shape index (κ2) is 7.27. The van der Waals surface area contributed by atoms with E-state index in [2.05, 4.69) is 36.4 Å². The van der Waals surface area contributed by atoms with Gasteiger partial charge in [0.05, 0.1) is 7.11 Å². The van der Waals surface area contributed by atoms with Crippen LogP contribution in [0.4, 0.5) is 11.6 Å². The lowest BCUT2D eigenvalue weighted by Crippen LogP contribution is -2.18. The number of benzene rings is 2. The highest BCUT2D eigenvalue weighted by Crippen LogP contribution is 2.18. The van der Waals surface area contributed by atoms with Crippen LogP contribution in [-0.4, -0.2) is 22.3 Å². The molecule has 0 bridgehead atoms. The van der Waals surface area contributed by atoms with Crippen LogP contribution in [0.3, 0.4) is 0 Å². The Bertz CT molecular complexity index is 894. The molecule has 0 aliphatic rings. The van der Waals surface area contributed by atoms with Crippen molar-refractivity contribution < 1.29 is 4.74 Å². The van der Waals surface area contributed by atoms with E-state index >= 15 is 0 Å². The lowest BCUT2D eigenvalue weighted by molar-refractivity contribution is 0.414. The van der Waals surface area contributed by atoms with Crippen molar-refractivity contribution in [1.82, 2.24) is 15.2 Å². The SMILES string of the molecule is COc1ccc(Cc2nnc(Nc3cccc(Br)c3)[nH]c2=O)cc1. The quantitative estimate of drug-likeness (QED) is 0.703. The molecule has 2 aromatic carbocycles. The van der Waals surface area contributed by atoms with E-state index in [1.165, 1.54) is 0 Å². The molecule has 122 valence electrons. The third-order valence-electron chi connectivity index (χ3n) is 3.38. The molecule has 0 saturated heterocycles. The minimum Gasteiger partial charge on any atom is -0.497 e. The summed E-state index contributed by atoms with van der Waals surface area (Å²) in [4.78, 5) is 14.9. The summed E-state index contributed by atoms with van der Waals surface area (Å²) in [6.07, 6.45) is 0.406. The fourth-order valence-electron chi connectivity index (χ4n) is 2.17. The lowest BCUT2D eigenvalue weighted by Gasteiger charge is -2.06. The normalized spacial score (nSPS) is 10.4. The van der Waals surface area contributed by atoms with Crippen LogP contribution in [0.5, 0.6) is 5.75 Å². The van der Waals surface area contributed by atoms with E-state index < -0.39 is 0 Å². The van der Waals surface area contributed by atoms with Gasteiger partial charge in [0.15, 0.2) is 0 Å². The first kappa shape index (κ1) is 16.2. The van der Waals surface area contributed by atoms with E-state index in [-0.39, 0.29) is 5.56 Å². The highest BCUT2D eigenvalue weighted by atomic mass is 79.9. The zero-order valence-electron chi connectivity index (χ0n) is 12.9. The summed E-state index contributed by atoms with van der Waals surface area (Å²) in [6, 6.07) is 15.0. The van der Waals surface area contributed by atoms with Crippen LogP contribution in [0.2, 0.25) is 0 Å². The van der Waals surface area contributed by atoms with Gasteiger partial charge < -0.3 is 10.1 Å². The Hall–Kier alpha value is -2.67. The van der Waals surface area contributed by atoms with Crippen molar-refractivity contribution in [2.75, 3.05) is 12.4 Å². The summed E-state index contributed by atoms with van der Waals surface area (Å²) in [5.41, 5.74) is 1.86. The first-order valence-corrected chi connectivity index (χ1v) is 8.05. The van der Waals surface area contributed by atoms with Crippen LogP contribution in [0.15, 0.2) is 57.8 Å². The Balaban J connectivity index is 1.75. The standard InChI is InChI=1S/C17H15BrN4O2/c1-24-14-7-5-11(6-8-14)9-15-16(23)20-17(22-21-15)19-13-4-2-3-12(18)10-13/h2-8,10H,9H2,1H3,(H2,19,20,22,23). The molecule has 0 aliphatic carbocycles. The monoisotopic (exact) mass is 386 g/mol. The number of rotatable bonds is 5. The van der Waals surface area contributed by atoms with Gasteiger partial charge in [-0.05, 0) is 35.9 Å². The van der Waals surface area contributed by atoms with Crippen molar-refractivity contribution in [3.8, 4) is 5.75 Å². The van der Waals surface area contributed by atoms with Gasteiger partial charge in [0.25, 0.3) is 5.56 Å². The van der Waals surface area contributed by atoms with Gasteiger partial charge in [0.2, 0.25) is 5.95 Å². The number of hydrogen-bond donors (Lipinski definition) is 2. The molecule has 0 radical (unpaired) electrons. The van der Waals surface area contributed by atoms with Gasteiger partial charge in [0.1, 0.15) is 11.4 Å². The molecular weight excluding hydrogens is 372 g/mol. The largest absolute Gasteiger partial charge is 0.497 e. The zero-order chi connectivity index (χ0) is 16.9. The Kier molecular flexibility index (Phi) is 4.90. The molecule has 7 heteroatoms. The average Bonchev–Trinajstić information content (AvgIpc) is 2.58. The highest BCUT2D eigenvalue weighted by molar-refractivity contribution is 9.10. The van der Waals surface area contributed by atoms with Crippen LogP contribution < -0.4 is 15.6 Å². The Morgan fingerprint density at radius 2 is 1.96 bits per heavy atom. The Morgan fingerprint density at radius 1 is 1.17 bits per heavy atom. The molecule has 0 fully saturated rings. The molecular formula is C17H15BrN4O2. The number of nitrogens with one attached hydrogen (secondary N) is 2. The van der Waals surface area contributed by atoms with Crippen LogP contribution in [0.25, 0.3) is 0 Å². The third-order valence-corrected chi connectivity index (χ3v) is 3.88. The van der Waals surface area contributed by atoms with E-state index in [1.54, 1.807) is 7.11 Å². The number of nitrogens with zero attached hydrogens (tertiary/aromatic N) is 2. The van der Waals surface area contributed by atoms with Crippen molar-refractivity contribution in [2.45, 2.75) is 6.42 Å². The van der Waals surface area contributed by atoms with Crippen LogP contribution in [0, 0.1) is 0 Å². The fourth-order valence-corrected chi connectivity index (χ4v) is 2.57. The first-order valence-electron chi connectivity index (χ1n) is 7.25. The molecule has 3 aromatic rings. The number of halogens is 1. The summed E-state index contributed by atoms with van der Waals surface area (Å²) in [6.45, 7) is 0. The average molecular weight is 387 g/mol. The van der Waals surface area contributed by atoms with Crippen molar-refractivity contribution in [2.24, 2.45) is 0 Å². The summed E-state index contributed by atoms with van der Waals surface area (Å²) < 4.78 is 6.05. The first-order chi connectivity index (χ1) is 11.6. The van der Waals surface area contributed by atoms with Crippen LogP contribution in [-0.2, 0) is 6.42 Å². The molecule has 6 nitrogen and oxygen atoms in total. The number of hydrogen-bond acceptors (Lipinski definition) is 5. The van der Waals surface area contributed by atoms with Gasteiger partial charge in [-0.3, -0.25) is 9.78 Å². The molecule has 0 spiro atoms. The number of anilines is 2. The summed E-state index contributed by atoms with van der Waals surface area (Å²) in [5.74, 6) is 1.07. The maximum absolute atomic E-state index is 12.2. The lowest BCUT2D eigenvalue weighted by atomic mass is 10.1. The summed E-state index contributed by atoms with van der Waals surface area (Å²) >= 11 is 3.39. The minimum atomic E-state index is -0.265. The van der Waals surface area contributed by atoms with Gasteiger partial charge in [-0.1, -0.05) is 34.1 Å². The molecule has 1 heterocycles. The van der Waals surface area contributed by atoms with E-state index in [0.29, 0.717) is 18.1 Å². The fraction of sp³-hybridized carbons (Fsp3) is 0.118. The number of ether oxygens (including phenoxy) is 1. The van der Waals surface area contributed by atoms with Gasteiger partial charge >= 0.3 is 0 Å². The van der Waals surface area contributed by atoms with Crippen molar-refractivity contribution in [3.05, 3.63) is 74.6 Å². The molecule has 1 aromatic heterocycles. The van der Waals surface area contributed by atoms with Gasteiger partial charge in [0, 0.05) is 16.6 Å². The number of methoxy groups -OCH3 is 1. The Morgan fingerprint density at radius 3 is 2.62 bits per heavy atom. The molecule has 2 N–H and O–H groups in total. The number of aromatic nitrogens is 3. The third kappa shape index (κ3) is 3.99. The van der Waals surface area contributed by atoms with Crippen LogP contribution in [0.1, 0.15) is 11.3 Å². The molecule has 0 unspecified atom stereocenters. The molecule has 24 heavy (non-hydrogen) atoms. The topological polar surface area (TPSA) is 79.9 Å². The number of H-pyrrole nitrogens is 1. The van der Waals surface area contributed by atoms with Gasteiger partial charge in [-0.25, -0.2) is 0 Å². The molecule has 0 atom stereocenters.